The normalized spacial score (nSPS) is 13.9. The molecule has 2 aromatic carbocycles. The van der Waals surface area contributed by atoms with Crippen molar-refractivity contribution in [3.8, 4) is 5.75 Å². The van der Waals surface area contributed by atoms with Gasteiger partial charge in [-0.25, -0.2) is 0 Å². The Morgan fingerprint density at radius 1 is 1.08 bits per heavy atom. The second-order valence-electron chi connectivity index (χ2n) is 6.21. The minimum Gasteiger partial charge on any atom is -0.508 e. The lowest BCUT2D eigenvalue weighted by Gasteiger charge is -2.29. The third kappa shape index (κ3) is 4.81. The monoisotopic (exact) mass is 329 g/mol. The first-order chi connectivity index (χ1) is 11.5. The molecule has 0 fully saturated rings. The van der Waals surface area contributed by atoms with Crippen LogP contribution >= 0.6 is 0 Å². The molecule has 0 radical (unpaired) electrons. The van der Waals surface area contributed by atoms with Gasteiger partial charge in [0.15, 0.2) is 0 Å². The fraction of sp³-hybridized carbons (Fsp3) is 0.400. The molecular weight excluding hydrogens is 302 g/mol. The summed E-state index contributed by atoms with van der Waals surface area (Å²) in [6.07, 6.45) is 0.258. The zero-order chi connectivity index (χ0) is 17.5. The molecule has 0 amide bonds. The number of nitrogens with zero attached hydrogens (tertiary/aromatic N) is 1. The molecule has 0 spiro atoms. The number of hydrogen-bond acceptors (Lipinski definition) is 4. The number of phenolic OH excluding ortho intramolecular Hbond substituents is 1. The van der Waals surface area contributed by atoms with E-state index in [1.807, 2.05) is 50.4 Å². The predicted octanol–water partition coefficient (Wildman–Crippen LogP) is 3.14. The summed E-state index contributed by atoms with van der Waals surface area (Å²) in [4.78, 5) is 2.14. The molecule has 0 saturated heterocycles. The molecule has 0 aliphatic carbocycles. The molecular formula is C20H27NO3. The van der Waals surface area contributed by atoms with Crippen LogP contribution in [0.15, 0.2) is 48.5 Å². The lowest BCUT2D eigenvalue weighted by Crippen LogP contribution is -2.35. The van der Waals surface area contributed by atoms with Crippen LogP contribution in [0, 0.1) is 0 Å². The zero-order valence-electron chi connectivity index (χ0n) is 14.6. The molecule has 0 saturated carbocycles. The largest absolute Gasteiger partial charge is 0.508 e. The van der Waals surface area contributed by atoms with Crippen molar-refractivity contribution >= 4 is 0 Å². The number of hydrogen-bond donors (Lipinski definition) is 2. The first-order valence-corrected chi connectivity index (χ1v) is 8.26. The Morgan fingerprint density at radius 3 is 2.46 bits per heavy atom. The van der Waals surface area contributed by atoms with Crippen molar-refractivity contribution in [2.75, 3.05) is 20.7 Å². The molecule has 0 aromatic heterocycles. The lowest BCUT2D eigenvalue weighted by molar-refractivity contribution is 0.0731. The number of ether oxygens (including phenoxy) is 1. The molecule has 0 bridgehead atoms. The molecule has 24 heavy (non-hydrogen) atoms. The maximum atomic E-state index is 10.5. The van der Waals surface area contributed by atoms with E-state index in [4.69, 9.17) is 4.74 Å². The van der Waals surface area contributed by atoms with Gasteiger partial charge in [0, 0.05) is 19.7 Å². The number of likely N-dealkylation sites (N-methyl/N-ethyl adjacent to an activating group) is 1. The average molecular weight is 329 g/mol. The van der Waals surface area contributed by atoms with Crippen LogP contribution in [0.4, 0.5) is 0 Å². The van der Waals surface area contributed by atoms with Gasteiger partial charge < -0.3 is 19.8 Å². The van der Waals surface area contributed by atoms with Gasteiger partial charge in [-0.05, 0) is 49.2 Å². The minimum atomic E-state index is -0.529. The van der Waals surface area contributed by atoms with Crippen molar-refractivity contribution in [1.82, 2.24) is 4.90 Å². The summed E-state index contributed by atoms with van der Waals surface area (Å²) in [5, 5.41) is 20.3. The zero-order valence-corrected chi connectivity index (χ0v) is 14.6. The van der Waals surface area contributed by atoms with Crippen LogP contribution < -0.4 is 0 Å². The van der Waals surface area contributed by atoms with E-state index >= 15 is 0 Å². The molecule has 2 atom stereocenters. The van der Waals surface area contributed by atoms with Gasteiger partial charge in [0.1, 0.15) is 5.75 Å². The summed E-state index contributed by atoms with van der Waals surface area (Å²) in [6, 6.07) is 15.1. The summed E-state index contributed by atoms with van der Waals surface area (Å²) in [7, 11) is 3.68. The highest BCUT2D eigenvalue weighted by Gasteiger charge is 2.20. The van der Waals surface area contributed by atoms with E-state index in [0.717, 1.165) is 29.7 Å². The Labute approximate surface area is 144 Å². The van der Waals surface area contributed by atoms with Crippen LogP contribution in [0.2, 0.25) is 0 Å². The first-order valence-electron chi connectivity index (χ1n) is 8.26. The van der Waals surface area contributed by atoms with Gasteiger partial charge in [0.25, 0.3) is 0 Å². The molecule has 2 rings (SSSR count). The van der Waals surface area contributed by atoms with Crippen LogP contribution in [0.5, 0.6) is 5.75 Å². The molecule has 4 nitrogen and oxygen atoms in total. The van der Waals surface area contributed by atoms with Crippen LogP contribution in [0.3, 0.4) is 0 Å². The van der Waals surface area contributed by atoms with Gasteiger partial charge in [-0.15, -0.1) is 0 Å². The Kier molecular flexibility index (Phi) is 6.79. The van der Waals surface area contributed by atoms with Crippen molar-refractivity contribution < 1.29 is 14.9 Å². The molecule has 0 aliphatic heterocycles. The summed E-state index contributed by atoms with van der Waals surface area (Å²) < 4.78 is 5.22. The van der Waals surface area contributed by atoms with Gasteiger partial charge in [-0.1, -0.05) is 36.4 Å². The highest BCUT2D eigenvalue weighted by molar-refractivity contribution is 5.34. The van der Waals surface area contributed by atoms with E-state index < -0.39 is 6.10 Å². The van der Waals surface area contributed by atoms with Gasteiger partial charge in [0.2, 0.25) is 0 Å². The summed E-state index contributed by atoms with van der Waals surface area (Å²) in [6.45, 7) is 3.34. The fourth-order valence-electron chi connectivity index (χ4n) is 2.81. The summed E-state index contributed by atoms with van der Waals surface area (Å²) >= 11 is 0. The van der Waals surface area contributed by atoms with Crippen LogP contribution in [-0.4, -0.2) is 41.9 Å². The van der Waals surface area contributed by atoms with Crippen molar-refractivity contribution in [1.29, 1.82) is 0 Å². The minimum absolute atomic E-state index is 0.00409. The number of rotatable bonds is 8. The molecule has 130 valence electrons. The number of aliphatic hydroxyl groups excluding tert-OH is 1. The van der Waals surface area contributed by atoms with Crippen LogP contribution in [-0.2, 0) is 17.8 Å². The summed E-state index contributed by atoms with van der Waals surface area (Å²) in [5.74, 6) is 0.268. The van der Waals surface area contributed by atoms with E-state index in [0.29, 0.717) is 6.61 Å². The first kappa shape index (κ1) is 18.5. The summed E-state index contributed by atoms with van der Waals surface area (Å²) in [5.41, 5.74) is 3.08. The van der Waals surface area contributed by atoms with Crippen LogP contribution in [0.1, 0.15) is 29.7 Å². The third-order valence-electron chi connectivity index (χ3n) is 4.52. The van der Waals surface area contributed by atoms with Gasteiger partial charge >= 0.3 is 0 Å². The molecule has 4 heteroatoms. The maximum absolute atomic E-state index is 10.5. The lowest BCUT2D eigenvalue weighted by atomic mass is 10.0. The topological polar surface area (TPSA) is 52.9 Å². The van der Waals surface area contributed by atoms with E-state index in [2.05, 4.69) is 4.90 Å². The number of methoxy groups -OCH3 is 1. The van der Waals surface area contributed by atoms with E-state index in [1.165, 1.54) is 0 Å². The Bertz CT molecular complexity index is 630. The number of aliphatic hydroxyl groups is 1. The van der Waals surface area contributed by atoms with Crippen molar-refractivity contribution in [3.63, 3.8) is 0 Å². The quantitative estimate of drug-likeness (QED) is 0.781. The van der Waals surface area contributed by atoms with Crippen molar-refractivity contribution in [3.05, 3.63) is 65.2 Å². The number of aromatic hydroxyl groups is 1. The predicted molar refractivity (Wildman–Crippen MR) is 96.0 cm³/mol. The fourth-order valence-corrected chi connectivity index (χ4v) is 2.81. The molecule has 0 heterocycles. The van der Waals surface area contributed by atoms with E-state index in [-0.39, 0.29) is 11.8 Å². The molecule has 2 aromatic rings. The highest BCUT2D eigenvalue weighted by Crippen LogP contribution is 2.22. The van der Waals surface area contributed by atoms with E-state index in [9.17, 15) is 10.2 Å². The molecule has 0 aliphatic rings. The standard InChI is InChI=1S/C20H27NO3/c1-15(20(23)16-7-5-4-6-8-16)21(2)12-11-17-13-19(22)10-9-18(17)14-24-3/h4-10,13,15,20,22-23H,11-12,14H2,1-3H3. The third-order valence-corrected chi connectivity index (χ3v) is 4.52. The number of phenols is 1. The average Bonchev–Trinajstić information content (AvgIpc) is 2.61. The smallest absolute Gasteiger partial charge is 0.115 e. The van der Waals surface area contributed by atoms with Crippen LogP contribution in [0.25, 0.3) is 0 Å². The Hall–Kier alpha value is -1.88. The SMILES string of the molecule is COCc1ccc(O)cc1CCN(C)C(C)C(O)c1ccccc1. The second-order valence-corrected chi connectivity index (χ2v) is 6.21. The maximum Gasteiger partial charge on any atom is 0.115 e. The second kappa shape index (κ2) is 8.83. The Balaban J connectivity index is 2.00. The van der Waals surface area contributed by atoms with Crippen molar-refractivity contribution in [2.24, 2.45) is 0 Å². The highest BCUT2D eigenvalue weighted by atomic mass is 16.5. The van der Waals surface area contributed by atoms with Crippen molar-refractivity contribution in [2.45, 2.75) is 32.1 Å². The van der Waals surface area contributed by atoms with Gasteiger partial charge in [0.05, 0.1) is 12.7 Å². The molecule has 2 unspecified atom stereocenters. The van der Waals surface area contributed by atoms with Gasteiger partial charge in [-0.2, -0.15) is 0 Å². The van der Waals surface area contributed by atoms with Gasteiger partial charge in [-0.3, -0.25) is 0 Å². The van der Waals surface area contributed by atoms with E-state index in [1.54, 1.807) is 19.2 Å². The Morgan fingerprint density at radius 2 is 1.79 bits per heavy atom. The molecule has 2 N–H and O–H groups in total. The number of benzene rings is 2.